The van der Waals surface area contributed by atoms with E-state index in [-0.39, 0.29) is 18.4 Å². The molecule has 8 heteroatoms. The van der Waals surface area contributed by atoms with Crippen LogP contribution in [-0.4, -0.2) is 54.2 Å². The summed E-state index contributed by atoms with van der Waals surface area (Å²) < 4.78 is 0. The first-order valence-corrected chi connectivity index (χ1v) is 10.6. The molecule has 0 saturated carbocycles. The topological polar surface area (TPSA) is 122 Å². The molecule has 2 aliphatic heterocycles. The third-order valence-electron chi connectivity index (χ3n) is 5.40. The fraction of sp³-hybridized carbons (Fsp3) is 0.545. The van der Waals surface area contributed by atoms with E-state index in [0.717, 1.165) is 49.2 Å². The molecule has 1 atom stereocenters. The van der Waals surface area contributed by atoms with Gasteiger partial charge in [-0.25, -0.2) is 0 Å². The number of piperidine rings is 1. The number of hydrogen-bond donors (Lipinski definition) is 3. The molecule has 1 fully saturated rings. The number of nitrogens with one attached hydrogen (secondary N) is 2. The zero-order valence-corrected chi connectivity index (χ0v) is 17.7. The minimum absolute atomic E-state index is 0.0969. The van der Waals surface area contributed by atoms with Gasteiger partial charge in [-0.3, -0.25) is 29.4 Å². The molecule has 0 aromatic carbocycles. The predicted molar refractivity (Wildman–Crippen MR) is 114 cm³/mol. The average molecular weight is 417 g/mol. The lowest BCUT2D eigenvalue weighted by molar-refractivity contribution is -0.149. The highest BCUT2D eigenvalue weighted by Gasteiger charge is 2.45. The van der Waals surface area contributed by atoms with Crippen molar-refractivity contribution in [1.82, 2.24) is 15.5 Å². The van der Waals surface area contributed by atoms with Gasteiger partial charge in [-0.2, -0.15) is 0 Å². The summed E-state index contributed by atoms with van der Waals surface area (Å²) in [6.45, 7) is 7.96. The van der Waals surface area contributed by atoms with Crippen LogP contribution in [0.5, 0.6) is 0 Å². The van der Waals surface area contributed by atoms with Crippen molar-refractivity contribution in [3.8, 4) is 0 Å². The van der Waals surface area contributed by atoms with Crippen molar-refractivity contribution in [1.29, 1.82) is 0 Å². The van der Waals surface area contributed by atoms with Crippen molar-refractivity contribution in [2.24, 2.45) is 5.73 Å². The van der Waals surface area contributed by atoms with Crippen molar-refractivity contribution in [3.05, 3.63) is 35.5 Å². The van der Waals surface area contributed by atoms with Gasteiger partial charge in [-0.1, -0.05) is 25.2 Å². The molecule has 164 valence electrons. The fourth-order valence-electron chi connectivity index (χ4n) is 3.79. The smallest absolute Gasteiger partial charge is 0.262 e. The Morgan fingerprint density at radius 3 is 2.53 bits per heavy atom. The Bertz CT molecular complexity index is 769. The SMILES string of the molecule is C=CC1=C(/C(=C\C)CCCNCCCCCN)C(=O)N(C2CCC(=O)NC2=O)C1=O. The first-order valence-electron chi connectivity index (χ1n) is 10.6. The van der Waals surface area contributed by atoms with Crippen LogP contribution < -0.4 is 16.4 Å². The monoisotopic (exact) mass is 416 g/mol. The van der Waals surface area contributed by atoms with E-state index in [2.05, 4.69) is 17.2 Å². The van der Waals surface area contributed by atoms with E-state index in [1.54, 1.807) is 0 Å². The van der Waals surface area contributed by atoms with Crippen LogP contribution in [0.1, 0.15) is 51.9 Å². The van der Waals surface area contributed by atoms with Gasteiger partial charge in [0.05, 0.1) is 11.1 Å². The van der Waals surface area contributed by atoms with E-state index in [1.165, 1.54) is 6.08 Å². The van der Waals surface area contributed by atoms with E-state index >= 15 is 0 Å². The van der Waals surface area contributed by atoms with Gasteiger partial charge < -0.3 is 11.1 Å². The summed E-state index contributed by atoms with van der Waals surface area (Å²) in [7, 11) is 0. The maximum atomic E-state index is 13.1. The maximum absolute atomic E-state index is 13.1. The Balaban J connectivity index is 2.01. The summed E-state index contributed by atoms with van der Waals surface area (Å²) in [6, 6.07) is -0.969. The molecular formula is C22H32N4O4. The number of nitrogens with two attached hydrogens (primary N) is 1. The Morgan fingerprint density at radius 1 is 1.17 bits per heavy atom. The number of allylic oxidation sites excluding steroid dienone is 1. The van der Waals surface area contributed by atoms with Crippen LogP contribution in [-0.2, 0) is 19.2 Å². The Morgan fingerprint density at radius 2 is 1.90 bits per heavy atom. The van der Waals surface area contributed by atoms with Crippen molar-refractivity contribution in [2.75, 3.05) is 19.6 Å². The second-order valence-electron chi connectivity index (χ2n) is 7.46. The van der Waals surface area contributed by atoms with Crippen molar-refractivity contribution in [3.63, 3.8) is 0 Å². The van der Waals surface area contributed by atoms with Crippen LogP contribution in [0.25, 0.3) is 0 Å². The Kier molecular flexibility index (Phi) is 9.14. The lowest BCUT2D eigenvalue weighted by Gasteiger charge is -2.28. The Labute approximate surface area is 177 Å². The highest BCUT2D eigenvalue weighted by Crippen LogP contribution is 2.32. The van der Waals surface area contributed by atoms with Gasteiger partial charge in [0.25, 0.3) is 11.8 Å². The summed E-state index contributed by atoms with van der Waals surface area (Å²) in [5.74, 6) is -2.03. The van der Waals surface area contributed by atoms with E-state index in [1.807, 2.05) is 13.0 Å². The van der Waals surface area contributed by atoms with E-state index in [9.17, 15) is 19.2 Å². The molecule has 0 aliphatic carbocycles. The lowest BCUT2D eigenvalue weighted by Crippen LogP contribution is -2.54. The molecule has 2 rings (SSSR count). The van der Waals surface area contributed by atoms with Crippen LogP contribution in [0.4, 0.5) is 0 Å². The van der Waals surface area contributed by atoms with Crippen LogP contribution >= 0.6 is 0 Å². The van der Waals surface area contributed by atoms with Gasteiger partial charge in [0.2, 0.25) is 11.8 Å². The second-order valence-corrected chi connectivity index (χ2v) is 7.46. The van der Waals surface area contributed by atoms with Crippen molar-refractivity contribution in [2.45, 2.75) is 57.9 Å². The summed E-state index contributed by atoms with van der Waals surface area (Å²) in [5.41, 5.74) is 6.78. The number of rotatable bonds is 12. The minimum Gasteiger partial charge on any atom is -0.330 e. The molecule has 8 nitrogen and oxygen atoms in total. The predicted octanol–water partition coefficient (Wildman–Crippen LogP) is 1.09. The molecule has 4 N–H and O–H groups in total. The van der Waals surface area contributed by atoms with E-state index in [0.29, 0.717) is 18.5 Å². The van der Waals surface area contributed by atoms with Crippen LogP contribution in [0.3, 0.4) is 0 Å². The normalized spacial score (nSPS) is 20.3. The molecule has 2 aliphatic rings. The lowest BCUT2D eigenvalue weighted by atomic mass is 9.97. The third-order valence-corrected chi connectivity index (χ3v) is 5.40. The van der Waals surface area contributed by atoms with E-state index in [4.69, 9.17) is 5.73 Å². The number of carbonyl (C=O) groups excluding carboxylic acids is 4. The molecule has 2 heterocycles. The number of imide groups is 2. The molecule has 1 saturated heterocycles. The van der Waals surface area contributed by atoms with Gasteiger partial charge >= 0.3 is 0 Å². The molecule has 0 bridgehead atoms. The first kappa shape index (κ1) is 23.7. The summed E-state index contributed by atoms with van der Waals surface area (Å²) in [4.78, 5) is 50.6. The quantitative estimate of drug-likeness (QED) is 0.323. The number of amides is 4. The number of hydrogen-bond acceptors (Lipinski definition) is 6. The third kappa shape index (κ3) is 5.52. The molecule has 1 unspecified atom stereocenters. The molecule has 4 amide bonds. The minimum atomic E-state index is -0.969. The molecule has 0 aromatic rings. The standard InChI is InChI=1S/C22H32N4O4/c1-3-15(9-8-14-24-13-7-5-6-12-23)19-16(4-2)21(29)26(22(19)30)17-10-11-18(27)25-20(17)28/h3-4,17,24H,2,5-14,23H2,1H3,(H,25,27,28)/b15-3-. The zero-order chi connectivity index (χ0) is 22.1. The number of unbranched alkanes of at least 4 members (excludes halogenated alkanes) is 2. The number of carbonyl (C=O) groups is 4. The summed E-state index contributed by atoms with van der Waals surface area (Å²) in [6.07, 6.45) is 8.09. The molecule has 0 spiro atoms. The zero-order valence-electron chi connectivity index (χ0n) is 17.7. The molecular weight excluding hydrogens is 384 g/mol. The van der Waals surface area contributed by atoms with Crippen LogP contribution in [0.2, 0.25) is 0 Å². The fourth-order valence-corrected chi connectivity index (χ4v) is 3.79. The highest BCUT2D eigenvalue weighted by atomic mass is 16.2. The van der Waals surface area contributed by atoms with Crippen LogP contribution in [0.15, 0.2) is 35.5 Å². The largest absolute Gasteiger partial charge is 0.330 e. The van der Waals surface area contributed by atoms with E-state index < -0.39 is 29.7 Å². The van der Waals surface area contributed by atoms with Gasteiger partial charge in [-0.05, 0) is 64.2 Å². The molecule has 0 aromatic heterocycles. The Hall–Kier alpha value is -2.58. The van der Waals surface area contributed by atoms with Gasteiger partial charge in [0.1, 0.15) is 6.04 Å². The van der Waals surface area contributed by atoms with Crippen molar-refractivity contribution < 1.29 is 19.2 Å². The summed E-state index contributed by atoms with van der Waals surface area (Å²) in [5, 5.41) is 5.59. The van der Waals surface area contributed by atoms with Gasteiger partial charge in [0, 0.05) is 6.42 Å². The highest BCUT2D eigenvalue weighted by molar-refractivity contribution is 6.24. The van der Waals surface area contributed by atoms with Crippen molar-refractivity contribution >= 4 is 23.6 Å². The average Bonchev–Trinajstić information content (AvgIpc) is 2.97. The number of nitrogens with zero attached hydrogens (tertiary/aromatic N) is 1. The molecule has 30 heavy (non-hydrogen) atoms. The second kappa shape index (κ2) is 11.6. The van der Waals surface area contributed by atoms with Gasteiger partial charge in [-0.15, -0.1) is 0 Å². The maximum Gasteiger partial charge on any atom is 0.262 e. The van der Waals surface area contributed by atoms with Gasteiger partial charge in [0.15, 0.2) is 0 Å². The first-order chi connectivity index (χ1) is 14.5. The van der Waals surface area contributed by atoms with Crippen LogP contribution in [0, 0.1) is 0 Å². The summed E-state index contributed by atoms with van der Waals surface area (Å²) >= 11 is 0. The molecule has 0 radical (unpaired) electrons.